The van der Waals surface area contributed by atoms with Crippen LogP contribution in [0.3, 0.4) is 0 Å². The Kier molecular flexibility index (Phi) is 34.4. The molecule has 0 amide bonds. The minimum Gasteiger partial charge on any atom is -0.756 e. The van der Waals surface area contributed by atoms with Crippen LogP contribution in [-0.4, -0.2) is 70.0 Å². The number of carbonyl (C=O) groups is 2. The molecule has 0 aliphatic heterocycles. The number of hydrogen-bond donors (Lipinski definition) is 0. The van der Waals surface area contributed by atoms with Crippen molar-refractivity contribution in [3.8, 4) is 0 Å². The molecule has 9 nitrogen and oxygen atoms in total. The van der Waals surface area contributed by atoms with Gasteiger partial charge in [-0.25, -0.2) is 0 Å². The first-order valence-corrected chi connectivity index (χ1v) is 22.1. The normalized spacial score (nSPS) is 14.4. The van der Waals surface area contributed by atoms with Gasteiger partial charge in [-0.15, -0.1) is 0 Å². The molecule has 0 aliphatic carbocycles. The Hall–Kier alpha value is -2.55. The molecule has 0 saturated carbocycles. The molecule has 0 spiro atoms. The van der Waals surface area contributed by atoms with Crippen molar-refractivity contribution in [2.45, 2.75) is 148 Å². The molecule has 0 aliphatic rings. The van der Waals surface area contributed by atoms with Crippen LogP contribution in [0.5, 0.6) is 0 Å². The van der Waals surface area contributed by atoms with E-state index in [2.05, 4.69) is 86.8 Å². The molecule has 0 rings (SSSR count). The summed E-state index contributed by atoms with van der Waals surface area (Å²) in [4.78, 5) is 37.4. The van der Waals surface area contributed by atoms with Crippen molar-refractivity contribution < 1.29 is 42.1 Å². The Labute approximate surface area is 329 Å². The molecule has 2 unspecified atom stereocenters. The number of likely N-dealkylation sites (N-methyl/N-ethyl adjacent to an activating group) is 1. The lowest BCUT2D eigenvalue weighted by molar-refractivity contribution is -0.870. The SMILES string of the molecule is CC/C=C\C/C=C\C/C=C\C/C=C\CCCCCCC(=O)OC(COC(=O)CCCCCCC/C=C\C/C=C\CCC)COP(=O)([O-])OCC[N+](C)(C)C. The lowest BCUT2D eigenvalue weighted by Crippen LogP contribution is -2.37. The van der Waals surface area contributed by atoms with E-state index in [1.54, 1.807) is 0 Å². The van der Waals surface area contributed by atoms with Crippen molar-refractivity contribution >= 4 is 19.8 Å². The van der Waals surface area contributed by atoms with Crippen molar-refractivity contribution in [1.29, 1.82) is 0 Å². The summed E-state index contributed by atoms with van der Waals surface area (Å²) in [5.74, 6) is -0.888. The largest absolute Gasteiger partial charge is 0.756 e. The van der Waals surface area contributed by atoms with Crippen LogP contribution in [0.4, 0.5) is 0 Å². The fourth-order valence-electron chi connectivity index (χ4n) is 4.98. The number of hydrogen-bond acceptors (Lipinski definition) is 8. The number of esters is 2. The van der Waals surface area contributed by atoms with E-state index in [9.17, 15) is 19.0 Å². The van der Waals surface area contributed by atoms with Crippen LogP contribution in [0.15, 0.2) is 72.9 Å². The van der Waals surface area contributed by atoms with Crippen molar-refractivity contribution in [2.24, 2.45) is 0 Å². The van der Waals surface area contributed by atoms with Crippen LogP contribution in [0.25, 0.3) is 0 Å². The van der Waals surface area contributed by atoms with Gasteiger partial charge in [0, 0.05) is 12.8 Å². The zero-order valence-corrected chi connectivity index (χ0v) is 35.5. The summed E-state index contributed by atoms with van der Waals surface area (Å²) in [6, 6.07) is 0. The van der Waals surface area contributed by atoms with Gasteiger partial charge in [0.15, 0.2) is 6.10 Å². The fraction of sp³-hybridized carbons (Fsp3) is 0.682. The summed E-state index contributed by atoms with van der Waals surface area (Å²) in [6.45, 7) is 3.97. The Balaban J connectivity index is 4.48. The van der Waals surface area contributed by atoms with Crippen molar-refractivity contribution in [3.05, 3.63) is 72.9 Å². The van der Waals surface area contributed by atoms with Gasteiger partial charge in [0.05, 0.1) is 27.7 Å². The molecule has 0 fully saturated rings. The second-order valence-electron chi connectivity index (χ2n) is 14.6. The van der Waals surface area contributed by atoms with E-state index in [1.165, 1.54) is 6.42 Å². The van der Waals surface area contributed by atoms with Gasteiger partial charge < -0.3 is 27.9 Å². The molecule has 0 bridgehead atoms. The first-order valence-electron chi connectivity index (χ1n) is 20.6. The lowest BCUT2D eigenvalue weighted by Gasteiger charge is -2.28. The molecule has 0 heterocycles. The Morgan fingerprint density at radius 1 is 0.593 bits per heavy atom. The predicted molar refractivity (Wildman–Crippen MR) is 222 cm³/mol. The molecule has 2 atom stereocenters. The molecule has 0 aromatic heterocycles. The zero-order chi connectivity index (χ0) is 40.0. The van der Waals surface area contributed by atoms with Gasteiger partial charge in [0.25, 0.3) is 7.82 Å². The number of rotatable bonds is 36. The van der Waals surface area contributed by atoms with Gasteiger partial charge in [-0.05, 0) is 77.0 Å². The molecule has 0 saturated heterocycles. The highest BCUT2D eigenvalue weighted by Crippen LogP contribution is 2.38. The van der Waals surface area contributed by atoms with Gasteiger partial charge in [0.1, 0.15) is 19.8 Å². The zero-order valence-electron chi connectivity index (χ0n) is 34.6. The molecule has 0 radical (unpaired) electrons. The highest BCUT2D eigenvalue weighted by Gasteiger charge is 2.21. The third-order valence-corrected chi connectivity index (χ3v) is 9.16. The molecule has 310 valence electrons. The summed E-state index contributed by atoms with van der Waals surface area (Å²) in [5, 5.41) is 0. The van der Waals surface area contributed by atoms with Crippen LogP contribution >= 0.6 is 7.82 Å². The van der Waals surface area contributed by atoms with Gasteiger partial charge in [-0.3, -0.25) is 14.2 Å². The van der Waals surface area contributed by atoms with Gasteiger partial charge in [-0.2, -0.15) is 0 Å². The topological polar surface area (TPSA) is 111 Å². The fourth-order valence-corrected chi connectivity index (χ4v) is 5.70. The Bertz CT molecular complexity index is 1150. The molecule has 10 heteroatoms. The van der Waals surface area contributed by atoms with E-state index in [0.717, 1.165) is 96.3 Å². The van der Waals surface area contributed by atoms with Crippen LogP contribution in [-0.2, 0) is 32.7 Å². The van der Waals surface area contributed by atoms with Gasteiger partial charge in [0.2, 0.25) is 0 Å². The molecular weight excluding hydrogens is 701 g/mol. The van der Waals surface area contributed by atoms with Crippen LogP contribution in [0.2, 0.25) is 0 Å². The van der Waals surface area contributed by atoms with Crippen LogP contribution in [0, 0.1) is 0 Å². The quantitative estimate of drug-likeness (QED) is 0.0203. The Morgan fingerprint density at radius 2 is 1.06 bits per heavy atom. The maximum absolute atomic E-state index is 12.6. The maximum Gasteiger partial charge on any atom is 0.306 e. The first kappa shape index (κ1) is 51.5. The first-order chi connectivity index (χ1) is 26.0. The highest BCUT2D eigenvalue weighted by molar-refractivity contribution is 7.45. The van der Waals surface area contributed by atoms with E-state index < -0.39 is 32.5 Å². The van der Waals surface area contributed by atoms with Crippen molar-refractivity contribution in [2.75, 3.05) is 47.5 Å². The minimum atomic E-state index is -4.64. The van der Waals surface area contributed by atoms with E-state index in [1.807, 2.05) is 21.1 Å². The van der Waals surface area contributed by atoms with E-state index in [0.29, 0.717) is 23.9 Å². The van der Waals surface area contributed by atoms with E-state index in [4.69, 9.17) is 18.5 Å². The summed E-state index contributed by atoms with van der Waals surface area (Å²) >= 11 is 0. The second-order valence-corrected chi connectivity index (χ2v) is 16.0. The third-order valence-electron chi connectivity index (χ3n) is 8.19. The third kappa shape index (κ3) is 39.2. The number of unbranched alkanes of at least 4 members (excludes halogenated alkanes) is 10. The van der Waals surface area contributed by atoms with Gasteiger partial charge in [-0.1, -0.05) is 125 Å². The second kappa shape index (κ2) is 36.1. The predicted octanol–water partition coefficient (Wildman–Crippen LogP) is 10.8. The smallest absolute Gasteiger partial charge is 0.306 e. The van der Waals surface area contributed by atoms with Crippen molar-refractivity contribution in [1.82, 2.24) is 0 Å². The monoisotopic (exact) mass is 778 g/mol. The van der Waals surface area contributed by atoms with Crippen LogP contribution in [0.1, 0.15) is 142 Å². The summed E-state index contributed by atoms with van der Waals surface area (Å²) in [7, 11) is 1.12. The highest BCUT2D eigenvalue weighted by atomic mass is 31.2. The number of ether oxygens (including phenoxy) is 2. The number of phosphoric ester groups is 1. The molecule has 0 aromatic rings. The van der Waals surface area contributed by atoms with Crippen LogP contribution < -0.4 is 4.89 Å². The van der Waals surface area contributed by atoms with E-state index >= 15 is 0 Å². The average Bonchev–Trinajstić information content (AvgIpc) is 3.12. The molecular formula is C44H76NO8P. The molecule has 0 N–H and O–H groups in total. The standard InChI is InChI=1S/C44H76NO8P/c1-6-8-10-12-14-16-18-20-21-22-23-25-27-29-31-33-35-37-44(47)53-42(41-52-54(48,49)51-39-38-45(3,4)5)40-50-43(46)36-34-32-30-28-26-24-19-17-15-13-11-9-7-2/h8,10-11,13-14,16-17,19-21,23,25,42H,6-7,9,12,15,18,22,24,26-41H2,1-5H3/b10-8-,13-11-,16-14-,19-17-,21-20-,25-23-. The summed E-state index contributed by atoms with van der Waals surface area (Å²) in [5.41, 5.74) is 0. The van der Waals surface area contributed by atoms with Crippen molar-refractivity contribution in [3.63, 3.8) is 0 Å². The minimum absolute atomic E-state index is 0.0422. The Morgan fingerprint density at radius 3 is 1.57 bits per heavy atom. The number of carbonyl (C=O) groups excluding carboxylic acids is 2. The lowest BCUT2D eigenvalue weighted by atomic mass is 10.1. The number of allylic oxidation sites excluding steroid dienone is 12. The molecule has 54 heavy (non-hydrogen) atoms. The maximum atomic E-state index is 12.6. The number of phosphoric acid groups is 1. The number of nitrogens with zero attached hydrogens (tertiary/aromatic N) is 1. The summed E-state index contributed by atoms with van der Waals surface area (Å²) < 4.78 is 33.8. The van der Waals surface area contributed by atoms with Gasteiger partial charge >= 0.3 is 11.9 Å². The molecule has 0 aromatic carbocycles. The van der Waals surface area contributed by atoms with E-state index in [-0.39, 0.29) is 26.1 Å². The summed E-state index contributed by atoms with van der Waals surface area (Å²) in [6.07, 6.45) is 43.5. The average molecular weight is 778 g/mol. The number of quaternary nitrogens is 1.